The number of hydrogen-bond donors (Lipinski definition) is 2. The van der Waals surface area contributed by atoms with Crippen LogP contribution in [-0.2, 0) is 0 Å². The van der Waals surface area contributed by atoms with Gasteiger partial charge in [-0.25, -0.2) is 0 Å². The molecule has 3 rings (SSSR count). The predicted octanol–water partition coefficient (Wildman–Crippen LogP) is 4.31. The highest BCUT2D eigenvalue weighted by Crippen LogP contribution is 2.33. The van der Waals surface area contributed by atoms with Gasteiger partial charge in [-0.05, 0) is 31.2 Å². The first kappa shape index (κ1) is 17.8. The summed E-state index contributed by atoms with van der Waals surface area (Å²) >= 11 is 5.95. The van der Waals surface area contributed by atoms with Crippen LogP contribution < -0.4 is 14.8 Å². The van der Waals surface area contributed by atoms with Crippen LogP contribution in [0.5, 0.6) is 11.5 Å². The Labute approximate surface area is 156 Å². The number of amides is 1. The molecule has 2 aromatic carbocycles. The summed E-state index contributed by atoms with van der Waals surface area (Å²) in [7, 11) is 3.02. The molecule has 0 atom stereocenters. The van der Waals surface area contributed by atoms with Gasteiger partial charge in [0.2, 0.25) is 0 Å². The first-order valence-corrected chi connectivity index (χ1v) is 8.26. The lowest BCUT2D eigenvalue weighted by molar-refractivity contribution is 0.102. The first-order valence-electron chi connectivity index (χ1n) is 7.88. The number of H-pyrrole nitrogens is 1. The summed E-state index contributed by atoms with van der Waals surface area (Å²) in [4.78, 5) is 12.9. The summed E-state index contributed by atoms with van der Waals surface area (Å²) in [6, 6.07) is 12.4. The standard InChI is InChI=1S/C19H18ClN3O3/c1-11-17(18(23-22-11)12-7-9-13(20)10-8-12)21-19(24)16-14(25-2)5-4-6-15(16)26-3/h4-10H,1-3H3,(H,21,24)(H,22,23). The summed E-state index contributed by atoms with van der Waals surface area (Å²) in [5, 5.41) is 10.7. The molecule has 0 bridgehead atoms. The van der Waals surface area contributed by atoms with Gasteiger partial charge in [0, 0.05) is 10.6 Å². The van der Waals surface area contributed by atoms with Crippen molar-refractivity contribution in [3.05, 3.63) is 58.7 Å². The molecule has 1 amide bonds. The lowest BCUT2D eigenvalue weighted by Crippen LogP contribution is -2.15. The van der Waals surface area contributed by atoms with Gasteiger partial charge in [-0.3, -0.25) is 9.89 Å². The second-order valence-corrected chi connectivity index (χ2v) is 6.01. The van der Waals surface area contributed by atoms with E-state index in [0.717, 1.165) is 11.3 Å². The minimum Gasteiger partial charge on any atom is -0.496 e. The minimum atomic E-state index is -0.348. The van der Waals surface area contributed by atoms with Crippen molar-refractivity contribution in [2.24, 2.45) is 0 Å². The molecule has 0 saturated carbocycles. The van der Waals surface area contributed by atoms with E-state index in [9.17, 15) is 4.79 Å². The number of aryl methyl sites for hydroxylation is 1. The smallest absolute Gasteiger partial charge is 0.263 e. The van der Waals surface area contributed by atoms with Gasteiger partial charge in [-0.2, -0.15) is 5.10 Å². The van der Waals surface area contributed by atoms with Gasteiger partial charge in [0.05, 0.1) is 25.6 Å². The van der Waals surface area contributed by atoms with Crippen molar-refractivity contribution in [3.8, 4) is 22.8 Å². The number of halogens is 1. The molecule has 134 valence electrons. The molecule has 3 aromatic rings. The van der Waals surface area contributed by atoms with E-state index in [2.05, 4.69) is 15.5 Å². The first-order chi connectivity index (χ1) is 12.5. The third-order valence-electron chi connectivity index (χ3n) is 3.96. The van der Waals surface area contributed by atoms with Crippen LogP contribution in [0.1, 0.15) is 16.1 Å². The normalized spacial score (nSPS) is 10.5. The average Bonchev–Trinajstić information content (AvgIpc) is 3.02. The Bertz CT molecular complexity index is 913. The topological polar surface area (TPSA) is 76.2 Å². The molecule has 0 fully saturated rings. The van der Waals surface area contributed by atoms with Gasteiger partial charge < -0.3 is 14.8 Å². The van der Waals surface area contributed by atoms with E-state index < -0.39 is 0 Å². The van der Waals surface area contributed by atoms with E-state index in [4.69, 9.17) is 21.1 Å². The van der Waals surface area contributed by atoms with Crippen LogP contribution >= 0.6 is 11.6 Å². The van der Waals surface area contributed by atoms with E-state index in [1.165, 1.54) is 14.2 Å². The van der Waals surface area contributed by atoms with E-state index in [1.54, 1.807) is 30.3 Å². The number of rotatable bonds is 5. The Balaban J connectivity index is 1.99. The maximum absolute atomic E-state index is 12.9. The molecule has 26 heavy (non-hydrogen) atoms. The van der Waals surface area contributed by atoms with Gasteiger partial charge in [0.15, 0.2) is 0 Å². The zero-order valence-electron chi connectivity index (χ0n) is 14.6. The van der Waals surface area contributed by atoms with Crippen molar-refractivity contribution in [2.45, 2.75) is 6.92 Å². The van der Waals surface area contributed by atoms with Crippen molar-refractivity contribution in [1.82, 2.24) is 10.2 Å². The molecule has 6 nitrogen and oxygen atoms in total. The Hall–Kier alpha value is -2.99. The highest BCUT2D eigenvalue weighted by molar-refractivity contribution is 6.30. The molecule has 0 saturated heterocycles. The molecule has 0 spiro atoms. The van der Waals surface area contributed by atoms with E-state index in [-0.39, 0.29) is 5.91 Å². The average molecular weight is 372 g/mol. The maximum Gasteiger partial charge on any atom is 0.263 e. The monoisotopic (exact) mass is 371 g/mol. The van der Waals surface area contributed by atoms with Crippen LogP contribution in [0.3, 0.4) is 0 Å². The number of ether oxygens (including phenoxy) is 2. The van der Waals surface area contributed by atoms with Crippen molar-refractivity contribution in [1.29, 1.82) is 0 Å². The molecule has 0 radical (unpaired) electrons. The molecule has 2 N–H and O–H groups in total. The third kappa shape index (κ3) is 3.36. The second kappa shape index (κ2) is 7.49. The Kier molecular flexibility index (Phi) is 5.14. The molecule has 0 aliphatic heterocycles. The second-order valence-electron chi connectivity index (χ2n) is 5.57. The summed E-state index contributed by atoms with van der Waals surface area (Å²) < 4.78 is 10.6. The fourth-order valence-corrected chi connectivity index (χ4v) is 2.78. The van der Waals surface area contributed by atoms with Crippen LogP contribution in [0, 0.1) is 6.92 Å². The van der Waals surface area contributed by atoms with E-state index >= 15 is 0 Å². The van der Waals surface area contributed by atoms with Gasteiger partial charge in [0.25, 0.3) is 5.91 Å². The Morgan fingerprint density at radius 2 is 1.69 bits per heavy atom. The quantitative estimate of drug-likeness (QED) is 0.700. The Morgan fingerprint density at radius 3 is 2.27 bits per heavy atom. The van der Waals surface area contributed by atoms with Gasteiger partial charge in [0.1, 0.15) is 22.8 Å². The zero-order chi connectivity index (χ0) is 18.7. The fraction of sp³-hybridized carbons (Fsp3) is 0.158. The summed E-state index contributed by atoms with van der Waals surface area (Å²) in [6.07, 6.45) is 0. The molecule has 0 aliphatic carbocycles. The van der Waals surface area contributed by atoms with Gasteiger partial charge in [-0.15, -0.1) is 0 Å². The van der Waals surface area contributed by atoms with Gasteiger partial charge in [-0.1, -0.05) is 29.8 Å². The van der Waals surface area contributed by atoms with Crippen LogP contribution in [-0.4, -0.2) is 30.3 Å². The summed E-state index contributed by atoms with van der Waals surface area (Å²) in [6.45, 7) is 1.83. The number of carbonyl (C=O) groups is 1. The van der Waals surface area contributed by atoms with Crippen molar-refractivity contribution >= 4 is 23.2 Å². The largest absolute Gasteiger partial charge is 0.496 e. The highest BCUT2D eigenvalue weighted by Gasteiger charge is 2.21. The number of hydrogen-bond acceptors (Lipinski definition) is 4. The van der Waals surface area contributed by atoms with Crippen LogP contribution in [0.25, 0.3) is 11.3 Å². The lowest BCUT2D eigenvalue weighted by atomic mass is 10.1. The number of nitrogens with one attached hydrogen (secondary N) is 2. The predicted molar refractivity (Wildman–Crippen MR) is 101 cm³/mol. The molecule has 1 heterocycles. The van der Waals surface area contributed by atoms with Crippen molar-refractivity contribution < 1.29 is 14.3 Å². The number of anilines is 1. The SMILES string of the molecule is COc1cccc(OC)c1C(=O)Nc1c(-c2ccc(Cl)cc2)n[nH]c1C. The molecule has 7 heteroatoms. The van der Waals surface area contributed by atoms with E-state index in [0.29, 0.717) is 33.5 Å². The lowest BCUT2D eigenvalue weighted by Gasteiger charge is -2.13. The molecule has 0 unspecified atom stereocenters. The number of aromatic nitrogens is 2. The third-order valence-corrected chi connectivity index (χ3v) is 4.21. The number of nitrogens with zero attached hydrogens (tertiary/aromatic N) is 1. The molecular formula is C19H18ClN3O3. The van der Waals surface area contributed by atoms with Crippen LogP contribution in [0.15, 0.2) is 42.5 Å². The molecule has 1 aromatic heterocycles. The zero-order valence-corrected chi connectivity index (χ0v) is 15.3. The van der Waals surface area contributed by atoms with Crippen molar-refractivity contribution in [3.63, 3.8) is 0 Å². The minimum absolute atomic E-state index is 0.320. The van der Waals surface area contributed by atoms with Crippen LogP contribution in [0.4, 0.5) is 5.69 Å². The summed E-state index contributed by atoms with van der Waals surface area (Å²) in [5.74, 6) is 0.506. The highest BCUT2D eigenvalue weighted by atomic mass is 35.5. The fourth-order valence-electron chi connectivity index (χ4n) is 2.65. The Morgan fingerprint density at radius 1 is 1.08 bits per heavy atom. The number of methoxy groups -OCH3 is 2. The number of benzene rings is 2. The van der Waals surface area contributed by atoms with Gasteiger partial charge >= 0.3 is 0 Å². The van der Waals surface area contributed by atoms with Crippen LogP contribution in [0.2, 0.25) is 5.02 Å². The van der Waals surface area contributed by atoms with Crippen molar-refractivity contribution in [2.75, 3.05) is 19.5 Å². The number of carbonyl (C=O) groups excluding carboxylic acids is 1. The molecule has 0 aliphatic rings. The van der Waals surface area contributed by atoms with E-state index in [1.807, 2.05) is 19.1 Å². The maximum atomic E-state index is 12.9. The molecular weight excluding hydrogens is 354 g/mol. The number of aromatic amines is 1. The summed E-state index contributed by atoms with van der Waals surface area (Å²) in [5.41, 5.74) is 3.10.